The lowest BCUT2D eigenvalue weighted by atomic mass is 10.3. The maximum Gasteiger partial charge on any atom is 0.233 e. The van der Waals surface area contributed by atoms with Gasteiger partial charge in [-0.2, -0.15) is 0 Å². The second-order valence-electron chi connectivity index (χ2n) is 2.96. The van der Waals surface area contributed by atoms with Crippen molar-refractivity contribution in [2.24, 2.45) is 0 Å². The Balaban J connectivity index is 2.96. The van der Waals surface area contributed by atoms with E-state index in [4.69, 9.17) is 16.3 Å². The van der Waals surface area contributed by atoms with Gasteiger partial charge in [0.1, 0.15) is 5.75 Å². The summed E-state index contributed by atoms with van der Waals surface area (Å²) >= 11 is 8.64. The predicted molar refractivity (Wildman–Crippen MR) is 68.8 cm³/mol. The zero-order chi connectivity index (χ0) is 12.2. The molecule has 0 aliphatic heterocycles. The molecule has 16 heavy (non-hydrogen) atoms. The summed E-state index contributed by atoms with van der Waals surface area (Å²) in [6, 6.07) is 5.02. The van der Waals surface area contributed by atoms with Crippen LogP contribution in [-0.4, -0.2) is 27.2 Å². The van der Waals surface area contributed by atoms with E-state index in [9.17, 15) is 8.42 Å². The number of anilines is 1. The van der Waals surface area contributed by atoms with Gasteiger partial charge in [0.15, 0.2) is 0 Å². The van der Waals surface area contributed by atoms with Crippen molar-refractivity contribution in [1.29, 1.82) is 0 Å². The number of ether oxygens (including phenoxy) is 1. The number of hydrogen-bond acceptors (Lipinski definition) is 3. The number of benzene rings is 1. The topological polar surface area (TPSA) is 55.4 Å². The van der Waals surface area contributed by atoms with Gasteiger partial charge in [0.05, 0.1) is 18.6 Å². The lowest BCUT2D eigenvalue weighted by Gasteiger charge is -2.10. The van der Waals surface area contributed by atoms with Crippen molar-refractivity contribution in [3.63, 3.8) is 0 Å². The van der Waals surface area contributed by atoms with E-state index in [1.54, 1.807) is 18.2 Å². The van der Waals surface area contributed by atoms with Crippen LogP contribution >= 0.6 is 27.5 Å². The fraction of sp³-hybridized carbons (Fsp3) is 0.333. The molecule has 0 aliphatic rings. The van der Waals surface area contributed by atoms with Gasteiger partial charge in [0, 0.05) is 16.4 Å². The van der Waals surface area contributed by atoms with Crippen molar-refractivity contribution in [2.75, 3.05) is 23.5 Å². The quantitative estimate of drug-likeness (QED) is 0.845. The van der Waals surface area contributed by atoms with Gasteiger partial charge in [-0.3, -0.25) is 4.72 Å². The first kappa shape index (κ1) is 13.6. The van der Waals surface area contributed by atoms with Crippen molar-refractivity contribution in [1.82, 2.24) is 0 Å². The Morgan fingerprint density at radius 2 is 2.19 bits per heavy atom. The lowest BCUT2D eigenvalue weighted by Crippen LogP contribution is -2.17. The summed E-state index contributed by atoms with van der Waals surface area (Å²) < 4.78 is 31.1. The number of methoxy groups -OCH3 is 1. The first-order valence-corrected chi connectivity index (χ1v) is 7.36. The highest BCUT2D eigenvalue weighted by atomic mass is 79.9. The molecule has 1 aromatic rings. The van der Waals surface area contributed by atoms with Gasteiger partial charge in [-0.15, -0.1) is 11.6 Å². The molecule has 1 aromatic carbocycles. The molecule has 0 heterocycles. The van der Waals surface area contributed by atoms with E-state index in [1.165, 1.54) is 7.11 Å². The van der Waals surface area contributed by atoms with Crippen LogP contribution in [-0.2, 0) is 10.0 Å². The molecular formula is C9H11BrClNO3S. The minimum absolute atomic E-state index is 0.0525. The van der Waals surface area contributed by atoms with Crippen LogP contribution in [0.15, 0.2) is 22.7 Å². The number of alkyl halides is 1. The van der Waals surface area contributed by atoms with E-state index in [0.717, 1.165) is 0 Å². The second kappa shape index (κ2) is 5.75. The summed E-state index contributed by atoms with van der Waals surface area (Å²) in [7, 11) is -1.89. The predicted octanol–water partition coefficient (Wildman–Crippen LogP) is 2.44. The van der Waals surface area contributed by atoms with Gasteiger partial charge in [-0.1, -0.05) is 0 Å². The maximum atomic E-state index is 11.5. The van der Waals surface area contributed by atoms with Crippen LogP contribution in [0.1, 0.15) is 0 Å². The Hall–Kier alpha value is -0.460. The van der Waals surface area contributed by atoms with Crippen molar-refractivity contribution < 1.29 is 13.2 Å². The van der Waals surface area contributed by atoms with Crippen LogP contribution in [0.25, 0.3) is 0 Å². The van der Waals surface area contributed by atoms with Gasteiger partial charge < -0.3 is 4.74 Å². The van der Waals surface area contributed by atoms with Crippen molar-refractivity contribution >= 4 is 43.2 Å². The highest BCUT2D eigenvalue weighted by molar-refractivity contribution is 9.10. The summed E-state index contributed by atoms with van der Waals surface area (Å²) in [6.07, 6.45) is 0. The molecule has 1 rings (SSSR count). The van der Waals surface area contributed by atoms with Gasteiger partial charge in [0.25, 0.3) is 0 Å². The van der Waals surface area contributed by atoms with Gasteiger partial charge in [-0.25, -0.2) is 8.42 Å². The Labute approximate surface area is 108 Å². The summed E-state index contributed by atoms with van der Waals surface area (Å²) in [5.41, 5.74) is 0.435. The van der Waals surface area contributed by atoms with E-state index in [1.807, 2.05) is 0 Å². The summed E-state index contributed by atoms with van der Waals surface area (Å²) in [6.45, 7) is 0. The molecule has 0 saturated carbocycles. The van der Waals surface area contributed by atoms with Crippen LogP contribution in [0, 0.1) is 0 Å². The van der Waals surface area contributed by atoms with Crippen LogP contribution in [0.5, 0.6) is 5.75 Å². The zero-order valence-electron chi connectivity index (χ0n) is 8.54. The highest BCUT2D eigenvalue weighted by Gasteiger charge is 2.12. The highest BCUT2D eigenvalue weighted by Crippen LogP contribution is 2.27. The molecule has 0 bridgehead atoms. The Bertz CT molecular complexity index is 464. The first-order chi connectivity index (χ1) is 7.48. The fourth-order valence-corrected chi connectivity index (χ4v) is 2.93. The number of nitrogens with one attached hydrogen (secondary N) is 1. The Morgan fingerprint density at radius 1 is 1.50 bits per heavy atom. The maximum absolute atomic E-state index is 11.5. The average molecular weight is 329 g/mol. The van der Waals surface area contributed by atoms with Crippen LogP contribution in [0.3, 0.4) is 0 Å². The first-order valence-electron chi connectivity index (χ1n) is 4.38. The molecule has 0 spiro atoms. The number of hydrogen-bond donors (Lipinski definition) is 1. The minimum atomic E-state index is -3.40. The fourth-order valence-electron chi connectivity index (χ4n) is 1.03. The Morgan fingerprint density at radius 3 is 2.75 bits per heavy atom. The van der Waals surface area contributed by atoms with E-state index in [0.29, 0.717) is 15.9 Å². The van der Waals surface area contributed by atoms with Crippen molar-refractivity contribution in [3.8, 4) is 5.75 Å². The molecule has 90 valence electrons. The largest absolute Gasteiger partial charge is 0.497 e. The molecule has 0 aliphatic carbocycles. The zero-order valence-corrected chi connectivity index (χ0v) is 11.7. The van der Waals surface area contributed by atoms with E-state index < -0.39 is 10.0 Å². The number of sulfonamides is 1. The van der Waals surface area contributed by atoms with E-state index >= 15 is 0 Å². The van der Waals surface area contributed by atoms with Crippen LogP contribution < -0.4 is 9.46 Å². The number of halogens is 2. The molecule has 7 heteroatoms. The molecule has 0 unspecified atom stereocenters. The smallest absolute Gasteiger partial charge is 0.233 e. The second-order valence-corrected chi connectivity index (χ2v) is 6.03. The molecule has 0 radical (unpaired) electrons. The standard InChI is InChI=1S/C9H11BrClNO3S/c1-15-7-2-3-8(10)9(6-7)12-16(13,14)5-4-11/h2-3,6,12H,4-5H2,1H3. The van der Waals surface area contributed by atoms with Crippen molar-refractivity contribution in [2.45, 2.75) is 0 Å². The third kappa shape index (κ3) is 3.84. The van der Waals surface area contributed by atoms with Crippen LogP contribution in [0.4, 0.5) is 5.69 Å². The molecule has 0 amide bonds. The lowest BCUT2D eigenvalue weighted by molar-refractivity contribution is 0.415. The monoisotopic (exact) mass is 327 g/mol. The molecule has 0 fully saturated rings. The molecule has 0 atom stereocenters. The molecule has 4 nitrogen and oxygen atoms in total. The van der Waals surface area contributed by atoms with Crippen molar-refractivity contribution in [3.05, 3.63) is 22.7 Å². The molecule has 1 N–H and O–H groups in total. The van der Waals surface area contributed by atoms with E-state index in [-0.39, 0.29) is 11.6 Å². The number of rotatable bonds is 5. The third-order valence-corrected chi connectivity index (χ3v) is 4.16. The van der Waals surface area contributed by atoms with Gasteiger partial charge in [-0.05, 0) is 28.1 Å². The normalized spacial score (nSPS) is 11.2. The SMILES string of the molecule is COc1ccc(Br)c(NS(=O)(=O)CCCl)c1. The van der Waals surface area contributed by atoms with Gasteiger partial charge >= 0.3 is 0 Å². The summed E-state index contributed by atoms with van der Waals surface area (Å²) in [5.74, 6) is 0.501. The average Bonchev–Trinajstić information content (AvgIpc) is 2.21. The molecule has 0 saturated heterocycles. The summed E-state index contributed by atoms with van der Waals surface area (Å²) in [5, 5.41) is 0. The molecular weight excluding hydrogens is 318 g/mol. The van der Waals surface area contributed by atoms with Gasteiger partial charge in [0.2, 0.25) is 10.0 Å². The minimum Gasteiger partial charge on any atom is -0.497 e. The van der Waals surface area contributed by atoms with Crippen LogP contribution in [0.2, 0.25) is 0 Å². The Kier molecular flexibility index (Phi) is 4.89. The summed E-state index contributed by atoms with van der Waals surface area (Å²) in [4.78, 5) is 0. The molecule has 0 aromatic heterocycles. The van der Waals surface area contributed by atoms with E-state index in [2.05, 4.69) is 20.7 Å². The third-order valence-electron chi connectivity index (χ3n) is 1.78.